The Kier molecular flexibility index (Phi) is 9.29. The van der Waals surface area contributed by atoms with E-state index < -0.39 is 29.2 Å². The number of aliphatic hydroxyl groups is 1. The first-order valence-electron chi connectivity index (χ1n) is 8.89. The molecule has 1 aromatic heterocycles. The van der Waals surface area contributed by atoms with Gasteiger partial charge in [0.25, 0.3) is 0 Å². The maximum absolute atomic E-state index is 13.0. The normalized spacial score (nSPS) is 20.6. The number of allylic oxidation sites excluding steroid dienone is 1. The number of carbonyl (C=O) groups excluding carboxylic acids is 2. The van der Waals surface area contributed by atoms with E-state index in [2.05, 4.69) is 4.98 Å². The van der Waals surface area contributed by atoms with Gasteiger partial charge in [0, 0.05) is 43.1 Å². The molecule has 2 atom stereocenters. The summed E-state index contributed by atoms with van der Waals surface area (Å²) in [6, 6.07) is 1.72. The zero-order valence-electron chi connectivity index (χ0n) is 15.7. The number of hydrogen-bond acceptors (Lipinski definition) is 6. The number of aromatic nitrogens is 1. The first kappa shape index (κ1) is 26.4. The van der Waals surface area contributed by atoms with Crippen LogP contribution in [-0.2, 0) is 50.4 Å². The summed E-state index contributed by atoms with van der Waals surface area (Å²) in [6.07, 6.45) is -3.07. The number of aliphatic hydroxyl groups excluding tert-OH is 1. The van der Waals surface area contributed by atoms with E-state index in [0.29, 0.717) is 25.3 Å². The molecule has 1 N–H and O–H groups in total. The summed E-state index contributed by atoms with van der Waals surface area (Å²) in [5.41, 5.74) is -1.79. The minimum Gasteiger partial charge on any atom is -0.506 e. The van der Waals surface area contributed by atoms with Crippen LogP contribution in [0.4, 0.5) is 13.2 Å². The average molecular weight is 466 g/mol. The molecule has 30 heavy (non-hydrogen) atoms. The maximum Gasteiger partial charge on any atom is 0.433 e. The van der Waals surface area contributed by atoms with Gasteiger partial charge in [-0.3, -0.25) is 9.59 Å². The molecule has 2 bridgehead atoms. The molecule has 2 aliphatic carbocycles. The molecule has 6 nitrogen and oxygen atoms in total. The molecule has 1 aromatic rings. The second-order valence-corrected chi connectivity index (χ2v) is 6.89. The minimum absolute atomic E-state index is 0. The number of ether oxygens (including phenoxy) is 2. The van der Waals surface area contributed by atoms with Crippen molar-refractivity contribution in [3.63, 3.8) is 0 Å². The third-order valence-corrected chi connectivity index (χ3v) is 5.09. The van der Waals surface area contributed by atoms with Gasteiger partial charge in [0.1, 0.15) is 17.0 Å². The Balaban J connectivity index is 0.00000225. The predicted molar refractivity (Wildman–Crippen MR) is 97.9 cm³/mol. The van der Waals surface area contributed by atoms with Crippen molar-refractivity contribution in [2.45, 2.75) is 39.5 Å². The first-order chi connectivity index (χ1) is 13.2. The van der Waals surface area contributed by atoms with Crippen LogP contribution < -0.4 is 0 Å². The van der Waals surface area contributed by atoms with Crippen LogP contribution in [0, 0.1) is 11.8 Å². The van der Waals surface area contributed by atoms with Crippen molar-refractivity contribution < 1.29 is 55.9 Å². The van der Waals surface area contributed by atoms with Gasteiger partial charge >= 0.3 is 6.18 Å². The van der Waals surface area contributed by atoms with E-state index in [0.717, 1.165) is 6.07 Å². The number of carbonyl (C=O) groups is 2. The van der Waals surface area contributed by atoms with Crippen molar-refractivity contribution in [2.24, 2.45) is 11.8 Å². The molecule has 1 heterocycles. The zero-order valence-corrected chi connectivity index (χ0v) is 17.1. The van der Waals surface area contributed by atoms with Crippen LogP contribution in [0.1, 0.15) is 43.6 Å². The molecule has 3 rings (SSSR count). The fourth-order valence-corrected chi connectivity index (χ4v) is 3.65. The smallest absolute Gasteiger partial charge is 0.433 e. The third-order valence-electron chi connectivity index (χ3n) is 5.09. The fourth-order valence-electron chi connectivity index (χ4n) is 3.65. The standard InChI is InChI=1S/C19H20F3NO5.CH4.V/c1-27-6-7-28-9-13-12(4-5-14(23-13)19(20,21)22)18(26)15-16(24)10-2-3-11(8-10)17(15)25;;/h4-5,10-11,26H,2-3,6-9H2,1H3;1H4;. The van der Waals surface area contributed by atoms with Gasteiger partial charge in [-0.2, -0.15) is 13.2 Å². The van der Waals surface area contributed by atoms with E-state index in [1.54, 1.807) is 0 Å². The second kappa shape index (κ2) is 10.6. The maximum atomic E-state index is 13.0. The molecule has 2 saturated carbocycles. The molecule has 165 valence electrons. The number of methoxy groups -OCH3 is 1. The van der Waals surface area contributed by atoms with Crippen molar-refractivity contribution in [3.05, 3.63) is 34.7 Å². The molecule has 2 aliphatic rings. The molecule has 2 fully saturated rings. The average Bonchev–Trinajstić information content (AvgIpc) is 3.10. The molecular formula is C20H24F3NO5V. The molecular weight excluding hydrogens is 442 g/mol. The molecule has 10 heteroatoms. The van der Waals surface area contributed by atoms with Crippen molar-refractivity contribution in [1.82, 2.24) is 4.98 Å². The summed E-state index contributed by atoms with van der Waals surface area (Å²) < 4.78 is 49.2. The number of rotatable bonds is 6. The van der Waals surface area contributed by atoms with Crippen molar-refractivity contribution in [3.8, 4) is 0 Å². The number of ketones is 2. The van der Waals surface area contributed by atoms with Crippen LogP contribution in [0.3, 0.4) is 0 Å². The minimum atomic E-state index is -4.68. The number of hydrogen-bond donors (Lipinski definition) is 1. The van der Waals surface area contributed by atoms with Gasteiger partial charge < -0.3 is 14.6 Å². The number of fused-ring (bicyclic) bond motifs is 2. The summed E-state index contributed by atoms with van der Waals surface area (Å²) in [5, 5.41) is 10.7. The fraction of sp³-hybridized carbons (Fsp3) is 0.550. The first-order valence-corrected chi connectivity index (χ1v) is 8.89. The number of Topliss-reactive ketones (excluding diaryl/α,β-unsaturated/α-hetero) is 2. The van der Waals surface area contributed by atoms with Crippen LogP contribution in [0.25, 0.3) is 5.76 Å². The largest absolute Gasteiger partial charge is 0.506 e. The van der Waals surface area contributed by atoms with E-state index in [1.165, 1.54) is 7.11 Å². The summed E-state index contributed by atoms with van der Waals surface area (Å²) >= 11 is 0. The van der Waals surface area contributed by atoms with Gasteiger partial charge in [0.05, 0.1) is 25.5 Å². The molecule has 2 unspecified atom stereocenters. The summed E-state index contributed by atoms with van der Waals surface area (Å²) in [4.78, 5) is 28.7. The van der Waals surface area contributed by atoms with Gasteiger partial charge in [-0.25, -0.2) is 4.98 Å². The monoisotopic (exact) mass is 466 g/mol. The molecule has 0 aliphatic heterocycles. The van der Waals surface area contributed by atoms with Gasteiger partial charge in [-0.05, 0) is 31.4 Å². The Morgan fingerprint density at radius 1 is 1.17 bits per heavy atom. The van der Waals surface area contributed by atoms with Crippen LogP contribution in [-0.4, -0.2) is 42.0 Å². The van der Waals surface area contributed by atoms with Crippen LogP contribution in [0.5, 0.6) is 0 Å². The Bertz CT molecular complexity index is 801. The number of halogens is 3. The summed E-state index contributed by atoms with van der Waals surface area (Å²) in [7, 11) is 1.45. The van der Waals surface area contributed by atoms with Crippen molar-refractivity contribution in [1.29, 1.82) is 0 Å². The summed E-state index contributed by atoms with van der Waals surface area (Å²) in [5.74, 6) is -2.20. The molecule has 0 aromatic carbocycles. The molecule has 0 saturated heterocycles. The Morgan fingerprint density at radius 2 is 1.77 bits per heavy atom. The Hall–Kier alpha value is -1.68. The van der Waals surface area contributed by atoms with E-state index >= 15 is 0 Å². The number of alkyl halides is 3. The Morgan fingerprint density at radius 3 is 2.30 bits per heavy atom. The Labute approximate surface area is 184 Å². The van der Waals surface area contributed by atoms with Crippen LogP contribution in [0.15, 0.2) is 17.7 Å². The van der Waals surface area contributed by atoms with Gasteiger partial charge in [0.15, 0.2) is 11.6 Å². The molecule has 1 radical (unpaired) electrons. The van der Waals surface area contributed by atoms with Crippen molar-refractivity contribution in [2.75, 3.05) is 20.3 Å². The van der Waals surface area contributed by atoms with Gasteiger partial charge in [0.2, 0.25) is 0 Å². The van der Waals surface area contributed by atoms with E-state index in [4.69, 9.17) is 9.47 Å². The number of pyridine rings is 1. The van der Waals surface area contributed by atoms with Gasteiger partial charge in [-0.1, -0.05) is 7.43 Å². The third kappa shape index (κ3) is 5.32. The molecule has 0 spiro atoms. The topological polar surface area (TPSA) is 85.7 Å². The van der Waals surface area contributed by atoms with E-state index in [1.807, 2.05) is 0 Å². The van der Waals surface area contributed by atoms with E-state index in [9.17, 15) is 27.9 Å². The van der Waals surface area contributed by atoms with Crippen LogP contribution in [0.2, 0.25) is 0 Å². The molecule has 0 amide bonds. The SMILES string of the molecule is C.COCCOCc1nc(C(F)(F)F)ccc1C(O)=C1C(=O)C2CCC(C2)C1=O.[V]. The predicted octanol–water partition coefficient (Wildman–Crippen LogP) is 3.73. The van der Waals surface area contributed by atoms with Crippen molar-refractivity contribution >= 4 is 17.3 Å². The van der Waals surface area contributed by atoms with E-state index in [-0.39, 0.29) is 74.5 Å². The quantitative estimate of drug-likeness (QED) is 0.298. The summed E-state index contributed by atoms with van der Waals surface area (Å²) in [6.45, 7) is -0.00982. The number of nitrogens with zero attached hydrogens (tertiary/aromatic N) is 1. The second-order valence-electron chi connectivity index (χ2n) is 6.89. The zero-order chi connectivity index (χ0) is 20.5. The van der Waals surface area contributed by atoms with Gasteiger partial charge in [-0.15, -0.1) is 0 Å². The van der Waals surface area contributed by atoms with Crippen LogP contribution >= 0.6 is 0 Å².